The van der Waals surface area contributed by atoms with E-state index in [4.69, 9.17) is 0 Å². The fourth-order valence-electron chi connectivity index (χ4n) is 6.06. The molecular formula is C16H25NO. The van der Waals surface area contributed by atoms with Gasteiger partial charge in [0.25, 0.3) is 0 Å². The molecule has 0 aromatic heterocycles. The third-order valence-corrected chi connectivity index (χ3v) is 6.58. The van der Waals surface area contributed by atoms with E-state index in [1.54, 1.807) is 0 Å². The van der Waals surface area contributed by atoms with Crippen LogP contribution in [0.2, 0.25) is 0 Å². The highest BCUT2D eigenvalue weighted by Gasteiger charge is 2.54. The first-order valence-electron chi connectivity index (χ1n) is 7.90. The summed E-state index contributed by atoms with van der Waals surface area (Å²) in [5.41, 5.74) is 0.583. The molecule has 0 radical (unpaired) electrons. The Morgan fingerprint density at radius 1 is 1.11 bits per heavy atom. The monoisotopic (exact) mass is 247 g/mol. The van der Waals surface area contributed by atoms with Crippen LogP contribution in [0.4, 0.5) is 0 Å². The molecule has 2 nitrogen and oxygen atoms in total. The molecule has 5 aliphatic rings. The molecule has 0 aromatic rings. The summed E-state index contributed by atoms with van der Waals surface area (Å²) in [6, 6.07) is 0.650. The van der Waals surface area contributed by atoms with Gasteiger partial charge in [0.1, 0.15) is 5.78 Å². The predicted octanol–water partition coefficient (Wildman–Crippen LogP) is 2.87. The third kappa shape index (κ3) is 1.61. The van der Waals surface area contributed by atoms with E-state index in [-0.39, 0.29) is 0 Å². The van der Waals surface area contributed by atoms with Crippen LogP contribution in [0.15, 0.2) is 0 Å². The van der Waals surface area contributed by atoms with Crippen molar-refractivity contribution in [1.82, 2.24) is 4.90 Å². The minimum absolute atomic E-state index is 0.464. The van der Waals surface area contributed by atoms with Crippen molar-refractivity contribution in [1.29, 1.82) is 0 Å². The second-order valence-electron chi connectivity index (χ2n) is 7.72. The highest BCUT2D eigenvalue weighted by Crippen LogP contribution is 2.62. The fraction of sp³-hybridized carbons (Fsp3) is 0.938. The van der Waals surface area contributed by atoms with Crippen LogP contribution >= 0.6 is 0 Å². The van der Waals surface area contributed by atoms with Gasteiger partial charge in [0.15, 0.2) is 0 Å². The van der Waals surface area contributed by atoms with Gasteiger partial charge in [-0.1, -0.05) is 0 Å². The van der Waals surface area contributed by atoms with Gasteiger partial charge < -0.3 is 0 Å². The summed E-state index contributed by atoms with van der Waals surface area (Å²) in [4.78, 5) is 14.0. The maximum absolute atomic E-state index is 11.5. The summed E-state index contributed by atoms with van der Waals surface area (Å²) >= 11 is 0. The van der Waals surface area contributed by atoms with Gasteiger partial charge in [-0.25, -0.2) is 0 Å². The molecule has 1 aliphatic heterocycles. The first kappa shape index (κ1) is 11.5. The lowest BCUT2D eigenvalue weighted by molar-refractivity contribution is -0.118. The lowest BCUT2D eigenvalue weighted by Crippen LogP contribution is -2.55. The molecular weight excluding hydrogens is 222 g/mol. The zero-order valence-corrected chi connectivity index (χ0v) is 11.5. The SMILES string of the molecule is CC(N1CCC(=O)C1)C12CC3CC(CC(C3)C1)C2. The first-order valence-corrected chi connectivity index (χ1v) is 7.90. The van der Waals surface area contributed by atoms with Gasteiger partial charge in [-0.15, -0.1) is 0 Å². The summed E-state index contributed by atoms with van der Waals surface area (Å²) in [6.07, 6.45) is 9.75. The molecule has 0 spiro atoms. The Hall–Kier alpha value is -0.370. The van der Waals surface area contributed by atoms with Crippen molar-refractivity contribution in [3.63, 3.8) is 0 Å². The zero-order valence-electron chi connectivity index (χ0n) is 11.5. The number of carbonyl (C=O) groups excluding carboxylic acids is 1. The van der Waals surface area contributed by atoms with Crippen LogP contribution in [-0.4, -0.2) is 29.8 Å². The molecule has 5 fully saturated rings. The van der Waals surface area contributed by atoms with Gasteiger partial charge in [-0.3, -0.25) is 9.69 Å². The summed E-state index contributed by atoms with van der Waals surface area (Å²) in [5.74, 6) is 3.54. The van der Waals surface area contributed by atoms with Crippen LogP contribution in [0.25, 0.3) is 0 Å². The van der Waals surface area contributed by atoms with Crippen molar-refractivity contribution in [2.24, 2.45) is 23.2 Å². The molecule has 4 bridgehead atoms. The molecule has 1 atom stereocenters. The van der Waals surface area contributed by atoms with Crippen LogP contribution in [-0.2, 0) is 4.79 Å². The molecule has 4 aliphatic carbocycles. The molecule has 0 N–H and O–H groups in total. The molecule has 1 unspecified atom stereocenters. The predicted molar refractivity (Wildman–Crippen MR) is 71.3 cm³/mol. The number of likely N-dealkylation sites (tertiary alicyclic amines) is 1. The minimum Gasteiger partial charge on any atom is -0.298 e. The Morgan fingerprint density at radius 3 is 2.11 bits per heavy atom. The fourth-order valence-corrected chi connectivity index (χ4v) is 6.06. The molecule has 100 valence electrons. The van der Waals surface area contributed by atoms with E-state index in [1.165, 1.54) is 38.5 Å². The van der Waals surface area contributed by atoms with Crippen molar-refractivity contribution in [2.75, 3.05) is 13.1 Å². The van der Waals surface area contributed by atoms with E-state index in [0.717, 1.165) is 37.3 Å². The zero-order chi connectivity index (χ0) is 12.3. The summed E-state index contributed by atoms with van der Waals surface area (Å²) in [6.45, 7) is 4.19. The molecule has 5 rings (SSSR count). The lowest BCUT2D eigenvalue weighted by atomic mass is 9.47. The standard InChI is InChI=1S/C16H25NO/c1-11(17-3-2-15(18)10-17)16-7-12-4-13(8-16)6-14(5-12)9-16/h11-14H,2-10H2,1H3. The van der Waals surface area contributed by atoms with Crippen LogP contribution in [0.3, 0.4) is 0 Å². The minimum atomic E-state index is 0.464. The molecule has 2 heteroatoms. The Bertz CT molecular complexity index is 340. The second kappa shape index (κ2) is 3.82. The van der Waals surface area contributed by atoms with Crippen molar-refractivity contribution in [3.05, 3.63) is 0 Å². The smallest absolute Gasteiger partial charge is 0.148 e. The second-order valence-corrected chi connectivity index (χ2v) is 7.72. The molecule has 1 heterocycles. The Labute approximate surface area is 110 Å². The van der Waals surface area contributed by atoms with Gasteiger partial charge in [0, 0.05) is 19.0 Å². The number of hydrogen-bond acceptors (Lipinski definition) is 2. The van der Waals surface area contributed by atoms with Crippen LogP contribution in [0.1, 0.15) is 51.9 Å². The molecule has 4 saturated carbocycles. The van der Waals surface area contributed by atoms with Gasteiger partial charge in [-0.05, 0) is 68.6 Å². The van der Waals surface area contributed by atoms with Crippen molar-refractivity contribution >= 4 is 5.78 Å². The van der Waals surface area contributed by atoms with Gasteiger partial charge in [0.2, 0.25) is 0 Å². The highest BCUT2D eigenvalue weighted by molar-refractivity contribution is 5.82. The van der Waals surface area contributed by atoms with Gasteiger partial charge >= 0.3 is 0 Å². The maximum Gasteiger partial charge on any atom is 0.148 e. The van der Waals surface area contributed by atoms with Crippen LogP contribution in [0, 0.1) is 23.2 Å². The number of nitrogens with zero attached hydrogens (tertiary/aromatic N) is 1. The quantitative estimate of drug-likeness (QED) is 0.748. The van der Waals surface area contributed by atoms with Crippen molar-refractivity contribution in [3.8, 4) is 0 Å². The number of carbonyl (C=O) groups is 1. The Balaban J connectivity index is 1.57. The number of ketones is 1. The van der Waals surface area contributed by atoms with Crippen molar-refractivity contribution in [2.45, 2.75) is 57.9 Å². The van der Waals surface area contributed by atoms with E-state index < -0.39 is 0 Å². The Morgan fingerprint density at radius 2 is 1.67 bits per heavy atom. The third-order valence-electron chi connectivity index (χ3n) is 6.58. The number of Topliss-reactive ketones (excluding diaryl/α,β-unsaturated/α-hetero) is 1. The topological polar surface area (TPSA) is 20.3 Å². The maximum atomic E-state index is 11.5. The average molecular weight is 247 g/mol. The first-order chi connectivity index (χ1) is 8.64. The van der Waals surface area contributed by atoms with Gasteiger partial charge in [0.05, 0.1) is 6.54 Å². The van der Waals surface area contributed by atoms with E-state index in [9.17, 15) is 4.79 Å². The van der Waals surface area contributed by atoms with E-state index in [0.29, 0.717) is 17.2 Å². The number of rotatable bonds is 2. The molecule has 0 aromatic carbocycles. The summed E-state index contributed by atoms with van der Waals surface area (Å²) < 4.78 is 0. The Kier molecular flexibility index (Phi) is 2.43. The van der Waals surface area contributed by atoms with E-state index in [1.807, 2.05) is 0 Å². The van der Waals surface area contributed by atoms with E-state index in [2.05, 4.69) is 11.8 Å². The largest absolute Gasteiger partial charge is 0.298 e. The average Bonchev–Trinajstić information content (AvgIpc) is 2.73. The van der Waals surface area contributed by atoms with Crippen LogP contribution < -0.4 is 0 Å². The summed E-state index contributed by atoms with van der Waals surface area (Å²) in [5, 5.41) is 0. The number of hydrogen-bond donors (Lipinski definition) is 0. The normalized spacial score (nSPS) is 48.9. The lowest BCUT2D eigenvalue weighted by Gasteiger charge is -2.60. The van der Waals surface area contributed by atoms with Crippen LogP contribution in [0.5, 0.6) is 0 Å². The van der Waals surface area contributed by atoms with Crippen molar-refractivity contribution < 1.29 is 4.79 Å². The van der Waals surface area contributed by atoms with Gasteiger partial charge in [-0.2, -0.15) is 0 Å². The highest BCUT2D eigenvalue weighted by atomic mass is 16.1. The molecule has 0 amide bonds. The summed E-state index contributed by atoms with van der Waals surface area (Å²) in [7, 11) is 0. The molecule has 1 saturated heterocycles. The van der Waals surface area contributed by atoms with E-state index >= 15 is 0 Å². The molecule has 18 heavy (non-hydrogen) atoms.